The highest BCUT2D eigenvalue weighted by molar-refractivity contribution is 5.84. The summed E-state index contributed by atoms with van der Waals surface area (Å²) < 4.78 is 17.2. The number of carbonyl (C=O) groups excluding carboxylic acids is 1. The molecule has 6 nitrogen and oxygen atoms in total. The number of hydrogen-bond donors (Lipinski definition) is 0. The molecule has 2 bridgehead atoms. The lowest BCUT2D eigenvalue weighted by Crippen LogP contribution is -2.55. The number of pyridine rings is 1. The minimum Gasteiger partial charge on any atom is -0.497 e. The van der Waals surface area contributed by atoms with E-state index in [1.165, 1.54) is 6.42 Å². The van der Waals surface area contributed by atoms with E-state index in [0.29, 0.717) is 24.4 Å². The molecule has 0 N–H and O–H groups in total. The Balaban J connectivity index is 1.65. The molecule has 0 aliphatic carbocycles. The molecule has 3 saturated heterocycles. The van der Waals surface area contributed by atoms with Crippen molar-refractivity contribution in [3.05, 3.63) is 48.7 Å². The zero-order valence-corrected chi connectivity index (χ0v) is 19.3. The van der Waals surface area contributed by atoms with Crippen molar-refractivity contribution in [1.29, 1.82) is 0 Å². The number of nitrogens with zero attached hydrogens (tertiary/aromatic N) is 2. The van der Waals surface area contributed by atoms with Crippen molar-refractivity contribution in [2.75, 3.05) is 33.4 Å². The fourth-order valence-electron chi connectivity index (χ4n) is 5.08. The number of benzene rings is 1. The van der Waals surface area contributed by atoms with Gasteiger partial charge >= 0.3 is 5.97 Å². The highest BCUT2D eigenvalue weighted by atomic mass is 16.6. The molecule has 5 rings (SSSR count). The number of esters is 1. The molecule has 172 valence electrons. The Morgan fingerprint density at radius 3 is 2.88 bits per heavy atom. The fourth-order valence-corrected chi connectivity index (χ4v) is 5.08. The summed E-state index contributed by atoms with van der Waals surface area (Å²) >= 11 is 0. The lowest BCUT2D eigenvalue weighted by Gasteiger charge is -2.51. The van der Waals surface area contributed by atoms with Gasteiger partial charge in [-0.3, -0.25) is 9.88 Å². The second kappa shape index (κ2) is 10.0. The molecule has 5 atom stereocenters. The van der Waals surface area contributed by atoms with Crippen LogP contribution in [0.5, 0.6) is 5.75 Å². The first kappa shape index (κ1) is 22.7. The summed E-state index contributed by atoms with van der Waals surface area (Å²) in [7, 11) is 1.66. The van der Waals surface area contributed by atoms with Crippen LogP contribution >= 0.6 is 0 Å². The summed E-state index contributed by atoms with van der Waals surface area (Å²) in [6.07, 6.45) is 5.87. The maximum Gasteiger partial charge on any atom is 0.332 e. The van der Waals surface area contributed by atoms with Gasteiger partial charge < -0.3 is 14.2 Å². The van der Waals surface area contributed by atoms with E-state index < -0.39 is 0 Å². The molecule has 3 fully saturated rings. The standard InChI is InChI=1S/C26H34N2O4/c1-5-18-14-28-11-9-19(18)12-24(28)26(32-16-25(29)31-15-17(2)3)21-8-10-27-23-7-6-20(30-4)13-22(21)23/h5-8,10,13,17-19,24,26H,1,9,11-12,14-16H2,2-4H3/t18?,19?,24?,26-/m0/s1. The average Bonchev–Trinajstić information content (AvgIpc) is 2.82. The molecular formula is C26H34N2O4. The van der Waals surface area contributed by atoms with Crippen LogP contribution in [0.1, 0.15) is 38.4 Å². The average molecular weight is 439 g/mol. The van der Waals surface area contributed by atoms with E-state index in [9.17, 15) is 4.79 Å². The van der Waals surface area contributed by atoms with Crippen LogP contribution in [0.4, 0.5) is 0 Å². The Morgan fingerprint density at radius 2 is 2.19 bits per heavy atom. The van der Waals surface area contributed by atoms with Crippen molar-refractivity contribution < 1.29 is 19.0 Å². The molecule has 32 heavy (non-hydrogen) atoms. The molecule has 2 aromatic rings. The zero-order chi connectivity index (χ0) is 22.7. The summed E-state index contributed by atoms with van der Waals surface area (Å²) in [5, 5.41) is 0.996. The Bertz CT molecular complexity index is 960. The quantitative estimate of drug-likeness (QED) is 0.427. The molecule has 4 heterocycles. The highest BCUT2D eigenvalue weighted by Crippen LogP contribution is 2.43. The van der Waals surface area contributed by atoms with E-state index in [2.05, 4.69) is 22.5 Å². The lowest BCUT2D eigenvalue weighted by atomic mass is 9.73. The molecule has 0 saturated carbocycles. The zero-order valence-electron chi connectivity index (χ0n) is 19.3. The van der Waals surface area contributed by atoms with Crippen molar-refractivity contribution >= 4 is 16.9 Å². The van der Waals surface area contributed by atoms with Gasteiger partial charge in [0.1, 0.15) is 12.4 Å². The van der Waals surface area contributed by atoms with Gasteiger partial charge in [0.2, 0.25) is 0 Å². The number of fused-ring (bicyclic) bond motifs is 4. The molecule has 6 heteroatoms. The molecule has 0 spiro atoms. The van der Waals surface area contributed by atoms with E-state index in [1.54, 1.807) is 7.11 Å². The third kappa shape index (κ3) is 4.81. The van der Waals surface area contributed by atoms with Crippen LogP contribution in [0.2, 0.25) is 0 Å². The largest absolute Gasteiger partial charge is 0.497 e. The van der Waals surface area contributed by atoms with Gasteiger partial charge in [0.05, 0.1) is 25.3 Å². The normalized spacial score (nSPS) is 25.6. The predicted octanol–water partition coefficient (Wildman–Crippen LogP) is 4.40. The van der Waals surface area contributed by atoms with Crippen molar-refractivity contribution in [2.24, 2.45) is 17.8 Å². The second-order valence-corrected chi connectivity index (χ2v) is 9.34. The van der Waals surface area contributed by atoms with E-state index in [4.69, 9.17) is 14.2 Å². The molecule has 3 aliphatic heterocycles. The number of aromatic nitrogens is 1. The van der Waals surface area contributed by atoms with Gasteiger partial charge in [-0.05, 0) is 67.0 Å². The van der Waals surface area contributed by atoms with Crippen LogP contribution in [0, 0.1) is 17.8 Å². The van der Waals surface area contributed by atoms with Crippen molar-refractivity contribution in [3.8, 4) is 5.75 Å². The summed E-state index contributed by atoms with van der Waals surface area (Å²) in [5.74, 6) is 1.87. The molecule has 3 aliphatic rings. The summed E-state index contributed by atoms with van der Waals surface area (Å²) in [4.78, 5) is 19.4. The fraction of sp³-hybridized carbons (Fsp3) is 0.538. The first-order valence-corrected chi connectivity index (χ1v) is 11.6. The minimum absolute atomic E-state index is 0.0644. The van der Waals surface area contributed by atoms with Gasteiger partial charge in [-0.15, -0.1) is 6.58 Å². The summed E-state index contributed by atoms with van der Waals surface area (Å²) in [5.41, 5.74) is 1.93. The van der Waals surface area contributed by atoms with Crippen LogP contribution in [-0.4, -0.2) is 55.3 Å². The van der Waals surface area contributed by atoms with E-state index in [1.807, 2.05) is 44.3 Å². The maximum absolute atomic E-state index is 12.4. The predicted molar refractivity (Wildman–Crippen MR) is 125 cm³/mol. The van der Waals surface area contributed by atoms with Gasteiger partial charge in [-0.2, -0.15) is 0 Å². The third-order valence-corrected chi connectivity index (χ3v) is 6.75. The van der Waals surface area contributed by atoms with Crippen LogP contribution in [0.15, 0.2) is 43.1 Å². The molecule has 1 aromatic carbocycles. The monoisotopic (exact) mass is 438 g/mol. The maximum atomic E-state index is 12.4. The van der Waals surface area contributed by atoms with Crippen LogP contribution < -0.4 is 4.74 Å². The van der Waals surface area contributed by atoms with Gasteiger partial charge in [-0.1, -0.05) is 19.9 Å². The van der Waals surface area contributed by atoms with Crippen molar-refractivity contribution in [1.82, 2.24) is 9.88 Å². The summed E-state index contributed by atoms with van der Waals surface area (Å²) in [6.45, 7) is 10.5. The number of rotatable bonds is 9. The van der Waals surface area contributed by atoms with Crippen LogP contribution in [0.25, 0.3) is 10.9 Å². The first-order valence-electron chi connectivity index (χ1n) is 11.6. The topological polar surface area (TPSA) is 60.9 Å². The number of piperidine rings is 3. The lowest BCUT2D eigenvalue weighted by molar-refractivity contribution is -0.156. The second-order valence-electron chi connectivity index (χ2n) is 9.34. The minimum atomic E-state index is -0.320. The number of carbonyl (C=O) groups is 1. The Kier molecular flexibility index (Phi) is 7.11. The Morgan fingerprint density at radius 1 is 1.34 bits per heavy atom. The molecule has 0 radical (unpaired) electrons. The smallest absolute Gasteiger partial charge is 0.332 e. The van der Waals surface area contributed by atoms with Crippen molar-refractivity contribution in [2.45, 2.75) is 38.8 Å². The molecular weight excluding hydrogens is 404 g/mol. The van der Waals surface area contributed by atoms with Crippen LogP contribution in [-0.2, 0) is 14.3 Å². The Labute approximate surface area is 190 Å². The highest BCUT2D eigenvalue weighted by Gasteiger charge is 2.43. The number of ether oxygens (including phenoxy) is 3. The van der Waals surface area contributed by atoms with E-state index >= 15 is 0 Å². The van der Waals surface area contributed by atoms with Gasteiger partial charge in [0.15, 0.2) is 0 Å². The van der Waals surface area contributed by atoms with Crippen molar-refractivity contribution in [3.63, 3.8) is 0 Å². The molecule has 0 amide bonds. The van der Waals surface area contributed by atoms with Crippen LogP contribution in [0.3, 0.4) is 0 Å². The van der Waals surface area contributed by atoms with E-state index in [-0.39, 0.29) is 24.7 Å². The molecule has 1 aromatic heterocycles. The number of methoxy groups -OCH3 is 1. The summed E-state index contributed by atoms with van der Waals surface area (Å²) in [6, 6.07) is 8.10. The van der Waals surface area contributed by atoms with E-state index in [0.717, 1.165) is 41.7 Å². The number of hydrogen-bond acceptors (Lipinski definition) is 6. The third-order valence-electron chi connectivity index (χ3n) is 6.75. The van der Waals surface area contributed by atoms with Gasteiger partial charge in [0, 0.05) is 24.2 Å². The molecule has 4 unspecified atom stereocenters. The SMILES string of the molecule is C=CC1CN2CCC1CC2[C@@H](OCC(=O)OCC(C)C)c1ccnc2ccc(OC)cc12. The Hall–Kier alpha value is -2.44. The first-order chi connectivity index (χ1) is 15.5. The van der Waals surface area contributed by atoms with Gasteiger partial charge in [-0.25, -0.2) is 4.79 Å². The van der Waals surface area contributed by atoms with Gasteiger partial charge in [0.25, 0.3) is 0 Å².